The van der Waals surface area contributed by atoms with E-state index in [4.69, 9.17) is 27.9 Å². The summed E-state index contributed by atoms with van der Waals surface area (Å²) in [4.78, 5) is 4.18. The van der Waals surface area contributed by atoms with E-state index in [9.17, 15) is 0 Å². The molecule has 0 atom stereocenters. The van der Waals surface area contributed by atoms with Crippen molar-refractivity contribution in [3.63, 3.8) is 0 Å². The predicted molar refractivity (Wildman–Crippen MR) is 90.6 cm³/mol. The Balaban J connectivity index is 2.42. The lowest BCUT2D eigenvalue weighted by molar-refractivity contribution is 0.0268. The zero-order chi connectivity index (χ0) is 15.9. The van der Waals surface area contributed by atoms with Crippen molar-refractivity contribution in [3.05, 3.63) is 33.8 Å². The highest BCUT2D eigenvalue weighted by Gasteiger charge is 2.16. The summed E-state index contributed by atoms with van der Waals surface area (Å²) in [6.07, 6.45) is 0.814. The SMILES string of the molecule is CN=C(NCCc1cc(Cl)cc(Cl)c1)NCC(C)(C)OC. The molecule has 0 aliphatic carbocycles. The summed E-state index contributed by atoms with van der Waals surface area (Å²) >= 11 is 12.0. The summed E-state index contributed by atoms with van der Waals surface area (Å²) in [5, 5.41) is 7.79. The van der Waals surface area contributed by atoms with Crippen LogP contribution in [0.1, 0.15) is 19.4 Å². The molecular weight excluding hydrogens is 309 g/mol. The second kappa shape index (κ2) is 8.47. The second-order valence-corrected chi connectivity index (χ2v) is 6.22. The van der Waals surface area contributed by atoms with Crippen LogP contribution in [0.15, 0.2) is 23.2 Å². The van der Waals surface area contributed by atoms with Crippen LogP contribution in [-0.4, -0.2) is 38.8 Å². The van der Waals surface area contributed by atoms with Crippen molar-refractivity contribution in [1.82, 2.24) is 10.6 Å². The summed E-state index contributed by atoms with van der Waals surface area (Å²) in [6, 6.07) is 5.56. The van der Waals surface area contributed by atoms with E-state index >= 15 is 0 Å². The van der Waals surface area contributed by atoms with E-state index in [0.717, 1.165) is 24.5 Å². The quantitative estimate of drug-likeness (QED) is 0.621. The third-order valence-corrected chi connectivity index (χ3v) is 3.52. The number of ether oxygens (including phenoxy) is 1. The van der Waals surface area contributed by atoms with Crippen LogP contribution in [0.5, 0.6) is 0 Å². The van der Waals surface area contributed by atoms with E-state index < -0.39 is 0 Å². The number of benzene rings is 1. The van der Waals surface area contributed by atoms with Gasteiger partial charge in [-0.3, -0.25) is 4.99 Å². The first-order valence-electron chi connectivity index (χ1n) is 6.81. The Morgan fingerprint density at radius 2 is 1.81 bits per heavy atom. The van der Waals surface area contributed by atoms with E-state index in [-0.39, 0.29) is 5.60 Å². The molecule has 0 aromatic heterocycles. The van der Waals surface area contributed by atoms with Gasteiger partial charge in [-0.1, -0.05) is 23.2 Å². The fourth-order valence-corrected chi connectivity index (χ4v) is 2.24. The van der Waals surface area contributed by atoms with E-state index in [2.05, 4.69) is 15.6 Å². The van der Waals surface area contributed by atoms with Gasteiger partial charge in [-0.2, -0.15) is 0 Å². The van der Waals surface area contributed by atoms with Crippen LogP contribution < -0.4 is 10.6 Å². The summed E-state index contributed by atoms with van der Waals surface area (Å²) < 4.78 is 5.36. The molecule has 0 amide bonds. The van der Waals surface area contributed by atoms with Crippen molar-refractivity contribution in [2.45, 2.75) is 25.9 Å². The number of guanidine groups is 1. The number of hydrogen-bond donors (Lipinski definition) is 2. The van der Waals surface area contributed by atoms with Crippen LogP contribution in [0.2, 0.25) is 10.0 Å². The topological polar surface area (TPSA) is 45.7 Å². The fourth-order valence-electron chi connectivity index (χ4n) is 1.67. The summed E-state index contributed by atoms with van der Waals surface area (Å²) in [5.41, 5.74) is 0.852. The molecule has 0 saturated heterocycles. The molecule has 0 radical (unpaired) electrons. The van der Waals surface area contributed by atoms with Crippen LogP contribution in [0.4, 0.5) is 0 Å². The minimum atomic E-state index is -0.238. The van der Waals surface area contributed by atoms with Crippen molar-refractivity contribution < 1.29 is 4.74 Å². The number of halogens is 2. The van der Waals surface area contributed by atoms with Crippen molar-refractivity contribution in [1.29, 1.82) is 0 Å². The lowest BCUT2D eigenvalue weighted by Gasteiger charge is -2.24. The maximum atomic E-state index is 5.98. The molecule has 0 aliphatic rings. The molecule has 0 unspecified atom stereocenters. The molecule has 1 aromatic carbocycles. The van der Waals surface area contributed by atoms with Gasteiger partial charge in [0.2, 0.25) is 0 Å². The van der Waals surface area contributed by atoms with Gasteiger partial charge in [-0.05, 0) is 44.0 Å². The Bertz CT molecular complexity index is 470. The number of aliphatic imine (C=N–C) groups is 1. The van der Waals surface area contributed by atoms with Gasteiger partial charge in [0.1, 0.15) is 0 Å². The van der Waals surface area contributed by atoms with Gasteiger partial charge in [0.05, 0.1) is 5.60 Å². The molecule has 0 spiro atoms. The Morgan fingerprint density at radius 1 is 1.19 bits per heavy atom. The van der Waals surface area contributed by atoms with E-state index in [1.165, 1.54) is 0 Å². The van der Waals surface area contributed by atoms with Gasteiger partial charge < -0.3 is 15.4 Å². The molecule has 0 bridgehead atoms. The number of methoxy groups -OCH3 is 1. The van der Waals surface area contributed by atoms with Crippen LogP contribution in [0.25, 0.3) is 0 Å². The average Bonchev–Trinajstić information content (AvgIpc) is 2.41. The molecule has 1 rings (SSSR count). The molecule has 2 N–H and O–H groups in total. The number of nitrogens with zero attached hydrogens (tertiary/aromatic N) is 1. The minimum absolute atomic E-state index is 0.238. The highest BCUT2D eigenvalue weighted by atomic mass is 35.5. The molecular formula is C15H23Cl2N3O. The van der Waals surface area contributed by atoms with Gasteiger partial charge in [0.15, 0.2) is 5.96 Å². The largest absolute Gasteiger partial charge is 0.377 e. The van der Waals surface area contributed by atoms with Gasteiger partial charge in [-0.25, -0.2) is 0 Å². The molecule has 0 heterocycles. The Labute approximate surface area is 136 Å². The minimum Gasteiger partial charge on any atom is -0.377 e. The van der Waals surface area contributed by atoms with Crippen molar-refractivity contribution >= 4 is 29.2 Å². The standard InChI is InChI=1S/C15H23Cl2N3O/c1-15(2,21-4)10-20-14(18-3)19-6-5-11-7-12(16)9-13(17)8-11/h7-9H,5-6,10H2,1-4H3,(H2,18,19,20). The predicted octanol–water partition coefficient (Wildman–Crippen LogP) is 3.13. The Hall–Kier alpha value is -0.970. The molecule has 1 aromatic rings. The van der Waals surface area contributed by atoms with Crippen LogP contribution in [0, 0.1) is 0 Å². The molecule has 0 aliphatic heterocycles. The van der Waals surface area contributed by atoms with Gasteiger partial charge in [0.25, 0.3) is 0 Å². The van der Waals surface area contributed by atoms with E-state index in [1.54, 1.807) is 20.2 Å². The van der Waals surface area contributed by atoms with Crippen LogP contribution in [-0.2, 0) is 11.2 Å². The lowest BCUT2D eigenvalue weighted by atomic mass is 10.1. The monoisotopic (exact) mass is 331 g/mol. The summed E-state index contributed by atoms with van der Waals surface area (Å²) in [5.74, 6) is 0.744. The third kappa shape index (κ3) is 7.02. The molecule has 6 heteroatoms. The Morgan fingerprint density at radius 3 is 2.33 bits per heavy atom. The summed E-state index contributed by atoms with van der Waals surface area (Å²) in [7, 11) is 3.44. The molecule has 21 heavy (non-hydrogen) atoms. The van der Waals surface area contributed by atoms with Crippen LogP contribution in [0.3, 0.4) is 0 Å². The van der Waals surface area contributed by atoms with Crippen molar-refractivity contribution in [2.24, 2.45) is 4.99 Å². The first-order chi connectivity index (χ1) is 9.86. The van der Waals surface area contributed by atoms with E-state index in [1.807, 2.05) is 26.0 Å². The van der Waals surface area contributed by atoms with E-state index in [0.29, 0.717) is 16.6 Å². The molecule has 0 saturated carbocycles. The third-order valence-electron chi connectivity index (χ3n) is 3.09. The normalized spacial score (nSPS) is 12.4. The highest BCUT2D eigenvalue weighted by Crippen LogP contribution is 2.19. The fraction of sp³-hybridized carbons (Fsp3) is 0.533. The first kappa shape index (κ1) is 18.1. The second-order valence-electron chi connectivity index (χ2n) is 5.34. The number of nitrogens with one attached hydrogen (secondary N) is 2. The number of rotatable bonds is 6. The first-order valence-corrected chi connectivity index (χ1v) is 7.56. The van der Waals surface area contributed by atoms with Crippen LogP contribution >= 0.6 is 23.2 Å². The molecule has 0 fully saturated rings. The highest BCUT2D eigenvalue weighted by molar-refractivity contribution is 6.34. The average molecular weight is 332 g/mol. The zero-order valence-electron chi connectivity index (χ0n) is 13.0. The Kier molecular flexibility index (Phi) is 7.29. The number of hydrogen-bond acceptors (Lipinski definition) is 2. The maximum Gasteiger partial charge on any atom is 0.191 e. The maximum absolute atomic E-state index is 5.98. The van der Waals surface area contributed by atoms with Gasteiger partial charge >= 0.3 is 0 Å². The lowest BCUT2D eigenvalue weighted by Crippen LogP contribution is -2.45. The van der Waals surface area contributed by atoms with Gasteiger partial charge in [0, 0.05) is 37.3 Å². The molecule has 118 valence electrons. The van der Waals surface area contributed by atoms with Crippen molar-refractivity contribution in [3.8, 4) is 0 Å². The summed E-state index contributed by atoms with van der Waals surface area (Å²) in [6.45, 7) is 5.44. The zero-order valence-corrected chi connectivity index (χ0v) is 14.5. The van der Waals surface area contributed by atoms with Crippen molar-refractivity contribution in [2.75, 3.05) is 27.2 Å². The van der Waals surface area contributed by atoms with Gasteiger partial charge in [-0.15, -0.1) is 0 Å². The smallest absolute Gasteiger partial charge is 0.191 e. The molecule has 4 nitrogen and oxygen atoms in total.